The standard InChI is InChI=1S/C20H36N6/c1-3-20(12-7-8-13-20)16-23-19(21-4-2)22-14-11-18-25-24-17-10-6-5-9-15-26(17)18/h3-16H2,1-2H3,(H2,21,22,23). The van der Waals surface area contributed by atoms with Crippen molar-refractivity contribution < 1.29 is 0 Å². The molecule has 0 bridgehead atoms. The van der Waals surface area contributed by atoms with E-state index in [0.29, 0.717) is 5.41 Å². The summed E-state index contributed by atoms with van der Waals surface area (Å²) in [6.45, 7) is 8.21. The van der Waals surface area contributed by atoms with Crippen LogP contribution in [0.15, 0.2) is 4.99 Å². The number of aromatic nitrogens is 3. The van der Waals surface area contributed by atoms with Gasteiger partial charge in [0, 0.05) is 39.0 Å². The van der Waals surface area contributed by atoms with Crippen molar-refractivity contribution in [3.63, 3.8) is 0 Å². The van der Waals surface area contributed by atoms with Crippen LogP contribution in [-0.4, -0.2) is 40.4 Å². The van der Waals surface area contributed by atoms with Crippen molar-refractivity contribution >= 4 is 5.96 Å². The molecule has 1 aliphatic heterocycles. The first kappa shape index (κ1) is 19.2. The van der Waals surface area contributed by atoms with E-state index in [1.807, 2.05) is 0 Å². The van der Waals surface area contributed by atoms with Gasteiger partial charge in [0.2, 0.25) is 0 Å². The van der Waals surface area contributed by atoms with Crippen LogP contribution >= 0.6 is 0 Å². The van der Waals surface area contributed by atoms with Gasteiger partial charge in [-0.15, -0.1) is 10.2 Å². The van der Waals surface area contributed by atoms with Crippen molar-refractivity contribution in [2.75, 3.05) is 19.6 Å². The molecule has 1 fully saturated rings. The highest BCUT2D eigenvalue weighted by Crippen LogP contribution is 2.41. The van der Waals surface area contributed by atoms with E-state index < -0.39 is 0 Å². The van der Waals surface area contributed by atoms with E-state index in [2.05, 4.69) is 39.2 Å². The monoisotopic (exact) mass is 360 g/mol. The molecule has 0 aromatic carbocycles. The fourth-order valence-corrected chi connectivity index (χ4v) is 4.36. The van der Waals surface area contributed by atoms with Crippen molar-refractivity contribution in [2.24, 2.45) is 10.4 Å². The van der Waals surface area contributed by atoms with E-state index in [1.54, 1.807) is 0 Å². The van der Waals surface area contributed by atoms with E-state index in [0.717, 1.165) is 50.8 Å². The van der Waals surface area contributed by atoms with Crippen molar-refractivity contribution in [1.29, 1.82) is 0 Å². The van der Waals surface area contributed by atoms with E-state index in [4.69, 9.17) is 4.99 Å². The molecule has 1 saturated carbocycles. The Morgan fingerprint density at radius 3 is 2.69 bits per heavy atom. The summed E-state index contributed by atoms with van der Waals surface area (Å²) in [6, 6.07) is 0. The Morgan fingerprint density at radius 1 is 1.08 bits per heavy atom. The molecule has 6 nitrogen and oxygen atoms in total. The van der Waals surface area contributed by atoms with Gasteiger partial charge in [0.05, 0.1) is 0 Å². The summed E-state index contributed by atoms with van der Waals surface area (Å²) in [5, 5.41) is 15.7. The molecule has 1 aliphatic carbocycles. The van der Waals surface area contributed by atoms with Crippen LogP contribution in [0.25, 0.3) is 0 Å². The molecule has 3 rings (SSSR count). The van der Waals surface area contributed by atoms with E-state index in [1.165, 1.54) is 57.2 Å². The zero-order valence-corrected chi connectivity index (χ0v) is 16.7. The highest BCUT2D eigenvalue weighted by atomic mass is 15.3. The van der Waals surface area contributed by atoms with E-state index in [9.17, 15) is 0 Å². The van der Waals surface area contributed by atoms with Gasteiger partial charge in [-0.25, -0.2) is 0 Å². The first-order chi connectivity index (χ1) is 12.8. The van der Waals surface area contributed by atoms with Gasteiger partial charge < -0.3 is 15.2 Å². The lowest BCUT2D eigenvalue weighted by Gasteiger charge is -2.25. The van der Waals surface area contributed by atoms with Crippen LogP contribution in [0.5, 0.6) is 0 Å². The molecule has 0 amide bonds. The molecule has 146 valence electrons. The van der Waals surface area contributed by atoms with Gasteiger partial charge in [0.15, 0.2) is 5.96 Å². The number of hydrogen-bond donors (Lipinski definition) is 2. The number of aryl methyl sites for hydroxylation is 1. The summed E-state index contributed by atoms with van der Waals surface area (Å²) in [5.41, 5.74) is 0.437. The first-order valence-electron chi connectivity index (χ1n) is 10.7. The average molecular weight is 361 g/mol. The second-order valence-electron chi connectivity index (χ2n) is 7.93. The van der Waals surface area contributed by atoms with Gasteiger partial charge in [0.25, 0.3) is 0 Å². The van der Waals surface area contributed by atoms with Crippen molar-refractivity contribution in [3.8, 4) is 0 Å². The third-order valence-electron chi connectivity index (χ3n) is 6.16. The minimum absolute atomic E-state index is 0.437. The normalized spacial score (nSPS) is 19.8. The first-order valence-corrected chi connectivity index (χ1v) is 10.7. The Morgan fingerprint density at radius 2 is 1.92 bits per heavy atom. The molecule has 0 radical (unpaired) electrons. The van der Waals surface area contributed by atoms with Crippen LogP contribution in [0.3, 0.4) is 0 Å². The third-order valence-corrected chi connectivity index (χ3v) is 6.16. The summed E-state index contributed by atoms with van der Waals surface area (Å²) in [5.74, 6) is 3.23. The number of rotatable bonds is 7. The maximum Gasteiger partial charge on any atom is 0.191 e. The largest absolute Gasteiger partial charge is 0.357 e. The molecule has 0 atom stereocenters. The fourth-order valence-electron chi connectivity index (χ4n) is 4.36. The van der Waals surface area contributed by atoms with Gasteiger partial charge in [0.1, 0.15) is 11.6 Å². The molecule has 0 unspecified atom stereocenters. The van der Waals surface area contributed by atoms with Crippen LogP contribution in [0.1, 0.15) is 76.9 Å². The lowest BCUT2D eigenvalue weighted by molar-refractivity contribution is 0.297. The van der Waals surface area contributed by atoms with E-state index in [-0.39, 0.29) is 0 Å². The highest BCUT2D eigenvalue weighted by molar-refractivity contribution is 5.79. The SMILES string of the molecule is CCNC(=NCC1(CC)CCCC1)NCCc1nnc2n1CCCCC2. The Bertz CT molecular complexity index is 585. The summed E-state index contributed by atoms with van der Waals surface area (Å²) in [4.78, 5) is 4.91. The van der Waals surface area contributed by atoms with Gasteiger partial charge >= 0.3 is 0 Å². The van der Waals surface area contributed by atoms with Crippen LogP contribution in [-0.2, 0) is 19.4 Å². The molecule has 2 heterocycles. The number of fused-ring (bicyclic) bond motifs is 1. The number of aliphatic imine (C=N–C) groups is 1. The van der Waals surface area contributed by atoms with Crippen LogP contribution < -0.4 is 10.6 Å². The minimum atomic E-state index is 0.437. The summed E-state index contributed by atoms with van der Waals surface area (Å²) in [7, 11) is 0. The molecular formula is C20H36N6. The molecule has 1 aromatic rings. The molecule has 26 heavy (non-hydrogen) atoms. The summed E-state index contributed by atoms with van der Waals surface area (Å²) in [6.07, 6.45) is 12.4. The van der Waals surface area contributed by atoms with Crippen molar-refractivity contribution in [2.45, 2.75) is 84.6 Å². The van der Waals surface area contributed by atoms with E-state index >= 15 is 0 Å². The molecule has 0 saturated heterocycles. The zero-order chi connectivity index (χ0) is 18.2. The highest BCUT2D eigenvalue weighted by Gasteiger charge is 2.31. The molecule has 2 aliphatic rings. The van der Waals surface area contributed by atoms with Crippen molar-refractivity contribution in [3.05, 3.63) is 11.6 Å². The smallest absolute Gasteiger partial charge is 0.191 e. The second kappa shape index (κ2) is 9.38. The Labute approximate surface area is 158 Å². The number of hydrogen-bond acceptors (Lipinski definition) is 3. The molecule has 6 heteroatoms. The maximum atomic E-state index is 4.91. The van der Waals surface area contributed by atoms with Crippen LogP contribution in [0.4, 0.5) is 0 Å². The van der Waals surface area contributed by atoms with Crippen LogP contribution in [0, 0.1) is 5.41 Å². The average Bonchev–Trinajstić information content (AvgIpc) is 3.21. The molecule has 2 N–H and O–H groups in total. The van der Waals surface area contributed by atoms with Crippen LogP contribution in [0.2, 0.25) is 0 Å². The van der Waals surface area contributed by atoms with Crippen molar-refractivity contribution in [1.82, 2.24) is 25.4 Å². The predicted molar refractivity (Wildman–Crippen MR) is 106 cm³/mol. The quantitative estimate of drug-likeness (QED) is 0.579. The Kier molecular flexibility index (Phi) is 6.92. The lowest BCUT2D eigenvalue weighted by atomic mass is 9.84. The zero-order valence-electron chi connectivity index (χ0n) is 16.7. The van der Waals surface area contributed by atoms with Gasteiger partial charge in [-0.05, 0) is 44.4 Å². The number of nitrogens with zero attached hydrogens (tertiary/aromatic N) is 4. The summed E-state index contributed by atoms with van der Waals surface area (Å²) >= 11 is 0. The predicted octanol–water partition coefficient (Wildman–Crippen LogP) is 3.07. The maximum absolute atomic E-state index is 4.91. The number of nitrogens with one attached hydrogen (secondary N) is 2. The molecule has 0 spiro atoms. The summed E-state index contributed by atoms with van der Waals surface area (Å²) < 4.78 is 2.34. The fraction of sp³-hybridized carbons (Fsp3) is 0.850. The topological polar surface area (TPSA) is 67.1 Å². The van der Waals surface area contributed by atoms with Gasteiger partial charge in [-0.3, -0.25) is 4.99 Å². The Hall–Kier alpha value is -1.59. The number of guanidine groups is 1. The molecule has 1 aromatic heterocycles. The minimum Gasteiger partial charge on any atom is -0.357 e. The molecular weight excluding hydrogens is 324 g/mol. The lowest BCUT2D eigenvalue weighted by Crippen LogP contribution is -2.39. The third kappa shape index (κ3) is 4.77. The van der Waals surface area contributed by atoms with Gasteiger partial charge in [-0.1, -0.05) is 26.2 Å². The van der Waals surface area contributed by atoms with Gasteiger partial charge in [-0.2, -0.15) is 0 Å². The second-order valence-corrected chi connectivity index (χ2v) is 7.93. The Balaban J connectivity index is 1.54.